The summed E-state index contributed by atoms with van der Waals surface area (Å²) < 4.78 is 4.93. The van der Waals surface area contributed by atoms with E-state index in [1.54, 1.807) is 0 Å². The molecule has 1 heterocycles. The standard InChI is InChI=1S/C15H23N3O4/c1-16-6-8-17(9-7-16)5-3-4-12-10-14(19)15(22-2)11-13(12)18(20)21/h10-11,19H,3-9H2,1-2H3. The minimum atomic E-state index is -0.423. The number of piperazine rings is 1. The lowest BCUT2D eigenvalue weighted by atomic mass is 10.1. The van der Waals surface area contributed by atoms with Crippen molar-refractivity contribution in [3.05, 3.63) is 27.8 Å². The predicted octanol–water partition coefficient (Wildman–Crippen LogP) is 1.49. The van der Waals surface area contributed by atoms with Crippen LogP contribution >= 0.6 is 0 Å². The van der Waals surface area contributed by atoms with Gasteiger partial charge in [-0.2, -0.15) is 0 Å². The number of hydrogen-bond donors (Lipinski definition) is 1. The molecule has 1 N–H and O–H groups in total. The molecule has 1 saturated heterocycles. The van der Waals surface area contributed by atoms with Gasteiger partial charge in [0.15, 0.2) is 11.5 Å². The topological polar surface area (TPSA) is 79.1 Å². The summed E-state index contributed by atoms with van der Waals surface area (Å²) in [5.41, 5.74) is 0.561. The maximum absolute atomic E-state index is 11.2. The molecule has 0 spiro atoms. The fraction of sp³-hybridized carbons (Fsp3) is 0.600. The van der Waals surface area contributed by atoms with E-state index in [4.69, 9.17) is 4.74 Å². The summed E-state index contributed by atoms with van der Waals surface area (Å²) in [5, 5.41) is 21.0. The zero-order valence-electron chi connectivity index (χ0n) is 13.1. The average molecular weight is 309 g/mol. The van der Waals surface area contributed by atoms with Crippen molar-refractivity contribution < 1.29 is 14.8 Å². The predicted molar refractivity (Wildman–Crippen MR) is 83.6 cm³/mol. The Balaban J connectivity index is 1.97. The molecule has 1 aliphatic heterocycles. The van der Waals surface area contributed by atoms with E-state index in [0.717, 1.165) is 39.1 Å². The van der Waals surface area contributed by atoms with Gasteiger partial charge in [-0.3, -0.25) is 10.1 Å². The van der Waals surface area contributed by atoms with E-state index in [1.165, 1.54) is 19.2 Å². The summed E-state index contributed by atoms with van der Waals surface area (Å²) in [7, 11) is 3.49. The Kier molecular flexibility index (Phi) is 5.57. The quantitative estimate of drug-likeness (QED) is 0.633. The number of ether oxygens (including phenoxy) is 1. The number of likely N-dealkylation sites (N-methyl/N-ethyl adjacent to an activating group) is 1. The van der Waals surface area contributed by atoms with E-state index in [0.29, 0.717) is 12.0 Å². The number of phenolic OH excluding ortho intramolecular Hbond substituents is 1. The molecule has 122 valence electrons. The molecular formula is C15H23N3O4. The Morgan fingerprint density at radius 2 is 2.00 bits per heavy atom. The molecule has 7 nitrogen and oxygen atoms in total. The zero-order valence-corrected chi connectivity index (χ0v) is 13.1. The third kappa shape index (κ3) is 4.08. The van der Waals surface area contributed by atoms with Crippen LogP contribution in [0.15, 0.2) is 12.1 Å². The second-order valence-electron chi connectivity index (χ2n) is 5.66. The first-order valence-corrected chi connectivity index (χ1v) is 7.46. The van der Waals surface area contributed by atoms with Gasteiger partial charge in [0.25, 0.3) is 5.69 Å². The molecule has 1 aromatic carbocycles. The molecule has 7 heteroatoms. The molecule has 22 heavy (non-hydrogen) atoms. The third-order valence-electron chi connectivity index (χ3n) is 4.09. The average Bonchev–Trinajstić information content (AvgIpc) is 2.49. The van der Waals surface area contributed by atoms with Crippen LogP contribution in [0.1, 0.15) is 12.0 Å². The molecule has 2 rings (SSSR count). The van der Waals surface area contributed by atoms with Crippen LogP contribution in [0.3, 0.4) is 0 Å². The molecular weight excluding hydrogens is 286 g/mol. The second-order valence-corrected chi connectivity index (χ2v) is 5.66. The number of nitro groups is 1. The maximum atomic E-state index is 11.2. The van der Waals surface area contributed by atoms with Crippen LogP contribution in [-0.2, 0) is 6.42 Å². The van der Waals surface area contributed by atoms with Gasteiger partial charge in [0.2, 0.25) is 0 Å². The van der Waals surface area contributed by atoms with Crippen LogP contribution in [0, 0.1) is 10.1 Å². The van der Waals surface area contributed by atoms with Gasteiger partial charge in [0, 0.05) is 31.7 Å². The second kappa shape index (κ2) is 7.42. The number of methoxy groups -OCH3 is 1. The van der Waals surface area contributed by atoms with Crippen molar-refractivity contribution in [3.8, 4) is 11.5 Å². The number of rotatable bonds is 6. The molecule has 0 aromatic heterocycles. The highest BCUT2D eigenvalue weighted by atomic mass is 16.6. The van der Waals surface area contributed by atoms with Gasteiger partial charge in [-0.25, -0.2) is 0 Å². The van der Waals surface area contributed by atoms with E-state index in [9.17, 15) is 15.2 Å². The summed E-state index contributed by atoms with van der Waals surface area (Å²) in [4.78, 5) is 15.4. The normalized spacial score (nSPS) is 16.6. The molecule has 0 amide bonds. The Morgan fingerprint density at radius 1 is 1.32 bits per heavy atom. The molecule has 0 aliphatic carbocycles. The Hall–Kier alpha value is -1.86. The summed E-state index contributed by atoms with van der Waals surface area (Å²) in [6.07, 6.45) is 1.40. The zero-order chi connectivity index (χ0) is 16.1. The number of benzene rings is 1. The molecule has 0 saturated carbocycles. The van der Waals surface area contributed by atoms with E-state index < -0.39 is 4.92 Å². The van der Waals surface area contributed by atoms with Crippen LogP contribution < -0.4 is 4.74 Å². The van der Waals surface area contributed by atoms with Gasteiger partial charge in [-0.05, 0) is 32.5 Å². The van der Waals surface area contributed by atoms with Crippen molar-refractivity contribution in [1.82, 2.24) is 9.80 Å². The van der Waals surface area contributed by atoms with Crippen molar-refractivity contribution >= 4 is 5.69 Å². The van der Waals surface area contributed by atoms with Crippen molar-refractivity contribution in [2.24, 2.45) is 0 Å². The highest BCUT2D eigenvalue weighted by Crippen LogP contribution is 2.34. The Morgan fingerprint density at radius 3 is 2.59 bits per heavy atom. The summed E-state index contributed by atoms with van der Waals surface area (Å²) in [6, 6.07) is 2.74. The van der Waals surface area contributed by atoms with E-state index >= 15 is 0 Å². The lowest BCUT2D eigenvalue weighted by Crippen LogP contribution is -2.44. The first-order valence-electron chi connectivity index (χ1n) is 7.46. The fourth-order valence-electron chi connectivity index (χ4n) is 2.70. The first-order chi connectivity index (χ1) is 10.5. The Labute approximate surface area is 130 Å². The van der Waals surface area contributed by atoms with Crippen LogP contribution in [0.25, 0.3) is 0 Å². The molecule has 0 bridgehead atoms. The molecule has 0 unspecified atom stereocenters. The fourth-order valence-corrected chi connectivity index (χ4v) is 2.70. The SMILES string of the molecule is COc1cc([N+](=O)[O-])c(CCCN2CCN(C)CC2)cc1O. The summed E-state index contributed by atoms with van der Waals surface area (Å²) >= 11 is 0. The lowest BCUT2D eigenvalue weighted by Gasteiger charge is -2.32. The number of nitro benzene ring substituents is 1. The number of phenols is 1. The van der Waals surface area contributed by atoms with Gasteiger partial charge in [-0.15, -0.1) is 0 Å². The number of hydrogen-bond acceptors (Lipinski definition) is 6. The van der Waals surface area contributed by atoms with Crippen molar-refractivity contribution in [1.29, 1.82) is 0 Å². The third-order valence-corrected chi connectivity index (χ3v) is 4.09. The van der Waals surface area contributed by atoms with Crippen LogP contribution in [0.2, 0.25) is 0 Å². The highest BCUT2D eigenvalue weighted by Gasteiger charge is 2.19. The van der Waals surface area contributed by atoms with Gasteiger partial charge in [-0.1, -0.05) is 0 Å². The van der Waals surface area contributed by atoms with Crippen molar-refractivity contribution in [2.75, 3.05) is 46.9 Å². The van der Waals surface area contributed by atoms with Crippen LogP contribution in [0.4, 0.5) is 5.69 Å². The summed E-state index contributed by atoms with van der Waals surface area (Å²) in [6.45, 7) is 5.10. The minimum Gasteiger partial charge on any atom is -0.504 e. The smallest absolute Gasteiger partial charge is 0.276 e. The van der Waals surface area contributed by atoms with Crippen molar-refractivity contribution in [2.45, 2.75) is 12.8 Å². The van der Waals surface area contributed by atoms with Crippen LogP contribution in [-0.4, -0.2) is 66.7 Å². The number of nitrogens with zero attached hydrogens (tertiary/aromatic N) is 3. The molecule has 0 atom stereocenters. The lowest BCUT2D eigenvalue weighted by molar-refractivity contribution is -0.385. The molecule has 0 radical (unpaired) electrons. The van der Waals surface area contributed by atoms with E-state index in [2.05, 4.69) is 16.8 Å². The minimum absolute atomic E-state index is 0.00743. The Bertz CT molecular complexity index is 528. The summed E-state index contributed by atoms with van der Waals surface area (Å²) in [5.74, 6) is 0.0808. The van der Waals surface area contributed by atoms with Gasteiger partial charge < -0.3 is 19.6 Å². The molecule has 1 aromatic rings. The van der Waals surface area contributed by atoms with Crippen molar-refractivity contribution in [3.63, 3.8) is 0 Å². The highest BCUT2D eigenvalue weighted by molar-refractivity contribution is 5.53. The van der Waals surface area contributed by atoms with Crippen LogP contribution in [0.5, 0.6) is 11.5 Å². The molecule has 1 fully saturated rings. The van der Waals surface area contributed by atoms with E-state index in [1.807, 2.05) is 0 Å². The van der Waals surface area contributed by atoms with Gasteiger partial charge in [0.05, 0.1) is 18.1 Å². The first kappa shape index (κ1) is 16.5. The molecule has 1 aliphatic rings. The van der Waals surface area contributed by atoms with Gasteiger partial charge >= 0.3 is 0 Å². The van der Waals surface area contributed by atoms with E-state index in [-0.39, 0.29) is 17.2 Å². The monoisotopic (exact) mass is 309 g/mol. The largest absolute Gasteiger partial charge is 0.504 e. The number of aryl methyl sites for hydroxylation is 1. The maximum Gasteiger partial charge on any atom is 0.276 e. The van der Waals surface area contributed by atoms with Gasteiger partial charge in [0.1, 0.15) is 0 Å². The number of aromatic hydroxyl groups is 1.